The molecular formula is C15H16FN3O2. The van der Waals surface area contributed by atoms with E-state index in [0.717, 1.165) is 0 Å². The van der Waals surface area contributed by atoms with Crippen LogP contribution in [0.25, 0.3) is 0 Å². The molecule has 1 aromatic heterocycles. The van der Waals surface area contributed by atoms with Crippen molar-refractivity contribution in [2.75, 3.05) is 11.9 Å². The van der Waals surface area contributed by atoms with E-state index in [4.69, 9.17) is 0 Å². The number of hydrogen-bond donors (Lipinski definition) is 3. The molecule has 1 atom stereocenters. The maximum atomic E-state index is 12.9. The number of rotatable bonds is 4. The van der Waals surface area contributed by atoms with Gasteiger partial charge < -0.3 is 15.7 Å². The number of carbonyl (C=O) groups excluding carboxylic acids is 1. The lowest BCUT2D eigenvalue weighted by molar-refractivity contribution is 0.0599. The zero-order valence-electron chi connectivity index (χ0n) is 11.5. The Morgan fingerprint density at radius 1 is 1.24 bits per heavy atom. The predicted molar refractivity (Wildman–Crippen MR) is 77.2 cm³/mol. The van der Waals surface area contributed by atoms with Crippen LogP contribution in [0, 0.1) is 5.82 Å². The third kappa shape index (κ3) is 4.25. The second-order valence-electron chi connectivity index (χ2n) is 4.82. The van der Waals surface area contributed by atoms with Crippen molar-refractivity contribution < 1.29 is 14.3 Å². The minimum Gasteiger partial charge on any atom is -0.384 e. The van der Waals surface area contributed by atoms with Crippen molar-refractivity contribution in [3.63, 3.8) is 0 Å². The zero-order valence-corrected chi connectivity index (χ0v) is 11.5. The fraction of sp³-hybridized carbons (Fsp3) is 0.200. The van der Waals surface area contributed by atoms with Crippen LogP contribution >= 0.6 is 0 Å². The van der Waals surface area contributed by atoms with E-state index in [1.54, 1.807) is 31.5 Å². The summed E-state index contributed by atoms with van der Waals surface area (Å²) in [5, 5.41) is 15.5. The van der Waals surface area contributed by atoms with Gasteiger partial charge in [0.2, 0.25) is 0 Å². The van der Waals surface area contributed by atoms with Crippen LogP contribution in [0.2, 0.25) is 0 Å². The summed E-state index contributed by atoms with van der Waals surface area (Å²) in [6.07, 6.45) is 3.12. The van der Waals surface area contributed by atoms with Crippen molar-refractivity contribution in [1.82, 2.24) is 10.3 Å². The van der Waals surface area contributed by atoms with Crippen molar-refractivity contribution in [1.29, 1.82) is 0 Å². The Morgan fingerprint density at radius 2 is 1.86 bits per heavy atom. The van der Waals surface area contributed by atoms with Crippen molar-refractivity contribution in [2.24, 2.45) is 0 Å². The number of nitrogens with one attached hydrogen (secondary N) is 2. The van der Waals surface area contributed by atoms with Crippen molar-refractivity contribution in [3.05, 3.63) is 60.2 Å². The number of nitrogens with zero attached hydrogens (tertiary/aromatic N) is 1. The molecular weight excluding hydrogens is 273 g/mol. The van der Waals surface area contributed by atoms with Crippen LogP contribution in [-0.2, 0) is 5.60 Å². The molecule has 110 valence electrons. The van der Waals surface area contributed by atoms with E-state index >= 15 is 0 Å². The van der Waals surface area contributed by atoms with E-state index in [0.29, 0.717) is 11.3 Å². The summed E-state index contributed by atoms with van der Waals surface area (Å²) >= 11 is 0. The number of halogens is 1. The highest BCUT2D eigenvalue weighted by Gasteiger charge is 2.23. The maximum absolute atomic E-state index is 12.9. The molecule has 0 saturated carbocycles. The SMILES string of the molecule is CC(O)(CNC(=O)Nc1ccncc1)c1ccc(F)cc1. The van der Waals surface area contributed by atoms with Gasteiger partial charge in [0.1, 0.15) is 11.4 Å². The number of urea groups is 1. The molecule has 2 amide bonds. The van der Waals surface area contributed by atoms with E-state index < -0.39 is 11.6 Å². The normalized spacial score (nSPS) is 13.3. The molecule has 1 unspecified atom stereocenters. The van der Waals surface area contributed by atoms with Gasteiger partial charge in [0.15, 0.2) is 0 Å². The van der Waals surface area contributed by atoms with Gasteiger partial charge in [-0.2, -0.15) is 0 Å². The average molecular weight is 289 g/mol. The van der Waals surface area contributed by atoms with Gasteiger partial charge in [-0.3, -0.25) is 4.98 Å². The average Bonchev–Trinajstić information content (AvgIpc) is 2.47. The second kappa shape index (κ2) is 6.32. The number of pyridine rings is 1. The first-order valence-corrected chi connectivity index (χ1v) is 6.41. The van der Waals surface area contributed by atoms with E-state index in [-0.39, 0.29) is 12.4 Å². The van der Waals surface area contributed by atoms with Gasteiger partial charge in [0.05, 0.1) is 6.54 Å². The predicted octanol–water partition coefficient (Wildman–Crippen LogP) is 2.25. The van der Waals surface area contributed by atoms with Gasteiger partial charge in [-0.15, -0.1) is 0 Å². The molecule has 2 aromatic rings. The number of hydrogen-bond acceptors (Lipinski definition) is 3. The molecule has 21 heavy (non-hydrogen) atoms. The van der Waals surface area contributed by atoms with Crippen LogP contribution in [0.1, 0.15) is 12.5 Å². The summed E-state index contributed by atoms with van der Waals surface area (Å²) in [5.41, 5.74) is -0.166. The molecule has 1 aromatic carbocycles. The molecule has 6 heteroatoms. The second-order valence-corrected chi connectivity index (χ2v) is 4.82. The topological polar surface area (TPSA) is 74.2 Å². The number of aromatic nitrogens is 1. The summed E-state index contributed by atoms with van der Waals surface area (Å²) < 4.78 is 12.9. The fourth-order valence-corrected chi connectivity index (χ4v) is 1.77. The van der Waals surface area contributed by atoms with Crippen LogP contribution in [-0.4, -0.2) is 22.7 Å². The van der Waals surface area contributed by atoms with E-state index in [1.165, 1.54) is 24.3 Å². The molecule has 1 heterocycles. The molecule has 0 aliphatic carbocycles. The monoisotopic (exact) mass is 289 g/mol. The van der Waals surface area contributed by atoms with Crippen molar-refractivity contribution in [3.8, 4) is 0 Å². The Hall–Kier alpha value is -2.47. The lowest BCUT2D eigenvalue weighted by atomic mass is 9.96. The van der Waals surface area contributed by atoms with Gasteiger partial charge in [-0.25, -0.2) is 9.18 Å². The van der Waals surface area contributed by atoms with E-state index in [9.17, 15) is 14.3 Å². The largest absolute Gasteiger partial charge is 0.384 e. The van der Waals surface area contributed by atoms with E-state index in [2.05, 4.69) is 15.6 Å². The molecule has 0 bridgehead atoms. The van der Waals surface area contributed by atoms with Crippen LogP contribution in [0.5, 0.6) is 0 Å². The first-order valence-electron chi connectivity index (χ1n) is 6.41. The number of anilines is 1. The number of aliphatic hydroxyl groups is 1. The van der Waals surface area contributed by atoms with Crippen molar-refractivity contribution >= 4 is 11.7 Å². The first-order chi connectivity index (χ1) is 9.97. The number of amides is 2. The summed E-state index contributed by atoms with van der Waals surface area (Å²) in [7, 11) is 0. The van der Waals surface area contributed by atoms with Crippen molar-refractivity contribution in [2.45, 2.75) is 12.5 Å². The molecule has 0 saturated heterocycles. The van der Waals surface area contributed by atoms with Crippen LogP contribution in [0.4, 0.5) is 14.9 Å². The van der Waals surface area contributed by atoms with Gasteiger partial charge in [0.25, 0.3) is 0 Å². The molecule has 0 radical (unpaired) electrons. The molecule has 3 N–H and O–H groups in total. The highest BCUT2D eigenvalue weighted by Crippen LogP contribution is 2.19. The third-order valence-corrected chi connectivity index (χ3v) is 3.00. The Morgan fingerprint density at radius 3 is 2.48 bits per heavy atom. The lowest BCUT2D eigenvalue weighted by Gasteiger charge is -2.24. The maximum Gasteiger partial charge on any atom is 0.319 e. The number of carbonyl (C=O) groups is 1. The van der Waals surface area contributed by atoms with Crippen LogP contribution in [0.15, 0.2) is 48.8 Å². The summed E-state index contributed by atoms with van der Waals surface area (Å²) in [5.74, 6) is -0.377. The Kier molecular flexibility index (Phi) is 4.49. The Balaban J connectivity index is 1.92. The fourth-order valence-electron chi connectivity index (χ4n) is 1.77. The van der Waals surface area contributed by atoms with E-state index in [1.807, 2.05) is 0 Å². The standard InChI is InChI=1S/C15H16FN3O2/c1-15(21,11-2-4-12(16)5-3-11)10-18-14(20)19-13-6-8-17-9-7-13/h2-9,21H,10H2,1H3,(H2,17,18,19,20). The third-order valence-electron chi connectivity index (χ3n) is 3.00. The Bertz CT molecular complexity index is 600. The molecule has 0 spiro atoms. The van der Waals surface area contributed by atoms with Gasteiger partial charge >= 0.3 is 6.03 Å². The number of benzene rings is 1. The van der Waals surface area contributed by atoms with Gasteiger partial charge in [0, 0.05) is 18.1 Å². The van der Waals surface area contributed by atoms with Gasteiger partial charge in [-0.1, -0.05) is 12.1 Å². The highest BCUT2D eigenvalue weighted by atomic mass is 19.1. The lowest BCUT2D eigenvalue weighted by Crippen LogP contribution is -2.40. The zero-order chi connectivity index (χ0) is 15.3. The minimum absolute atomic E-state index is 0.00442. The Labute approximate surface area is 121 Å². The van der Waals surface area contributed by atoms with Crippen LogP contribution in [0.3, 0.4) is 0 Å². The molecule has 5 nitrogen and oxygen atoms in total. The summed E-state index contributed by atoms with van der Waals surface area (Å²) in [6.45, 7) is 1.54. The van der Waals surface area contributed by atoms with Crippen LogP contribution < -0.4 is 10.6 Å². The molecule has 2 rings (SSSR count). The summed E-state index contributed by atoms with van der Waals surface area (Å²) in [6, 6.07) is 8.36. The van der Waals surface area contributed by atoms with Gasteiger partial charge in [-0.05, 0) is 36.8 Å². The molecule has 0 fully saturated rings. The highest BCUT2D eigenvalue weighted by molar-refractivity contribution is 5.89. The smallest absolute Gasteiger partial charge is 0.319 e. The quantitative estimate of drug-likeness (QED) is 0.808. The summed E-state index contributed by atoms with van der Waals surface area (Å²) in [4.78, 5) is 15.6. The minimum atomic E-state index is -1.29. The first kappa shape index (κ1) is 14.9. The molecule has 0 aliphatic heterocycles. The molecule has 0 aliphatic rings.